The van der Waals surface area contributed by atoms with Crippen LogP contribution >= 0.6 is 0 Å². The fourth-order valence-electron chi connectivity index (χ4n) is 5.37. The summed E-state index contributed by atoms with van der Waals surface area (Å²) in [6.07, 6.45) is 23.8. The first kappa shape index (κ1) is 115. The van der Waals surface area contributed by atoms with Gasteiger partial charge in [0.05, 0.1) is 5.60 Å². The zero-order valence-corrected chi connectivity index (χ0v) is 61.0. The Morgan fingerprint density at radius 3 is 0.648 bits per heavy atom. The summed E-state index contributed by atoms with van der Waals surface area (Å²) in [6, 6.07) is 36.0. The maximum absolute atomic E-state index is 8.83. The molecule has 0 radical (unpaired) electrons. The summed E-state index contributed by atoms with van der Waals surface area (Å²) in [6.45, 7) is 55.4. The van der Waals surface area contributed by atoms with Gasteiger partial charge in [-0.05, 0) is 90.8 Å². The van der Waals surface area contributed by atoms with Crippen LogP contribution in [0.3, 0.4) is 0 Å². The van der Waals surface area contributed by atoms with Crippen molar-refractivity contribution in [3.05, 3.63) is 142 Å². The number of nitrogens with two attached hydrogens (primary N) is 5. The Balaban J connectivity index is -0.0000000651. The van der Waals surface area contributed by atoms with E-state index in [-0.39, 0.29) is 29.7 Å². The van der Waals surface area contributed by atoms with Crippen LogP contribution in [0.15, 0.2) is 103 Å². The molecular formula is C80H169N7O. The fraction of sp³-hybridized carbons (Fsp3) is 0.700. The fourth-order valence-corrected chi connectivity index (χ4v) is 5.37. The molecule has 0 aliphatic heterocycles. The van der Waals surface area contributed by atoms with Gasteiger partial charge in [0, 0.05) is 46.3 Å². The maximum Gasteiger partial charge on any atom is 0.0589 e. The highest BCUT2D eigenvalue weighted by molar-refractivity contribution is 5.24. The second-order valence-corrected chi connectivity index (χ2v) is 21.8. The molecule has 0 aliphatic carbocycles. The molecule has 0 amide bonds. The standard InChI is InChI=1S/2C11H19N3.C9H13N.C8H10.C5H12O.4C5H12.4C3H8.4CH4/c2*1-2-10-3-5-11(6-4-10)7-14(8-12)9-13;1-2-8-3-5-9(7-10)6-4-8;1-2-8-6-4-3-5-7-8;1-4-5(2,3)6;1-4-5(2)3;3*1-3-5-4-2;4*1-3-2;;;;/h2*3-6H,2,7-9,12-13H2,1H3;3-6H,2,7,10H2,1H3;3-7H,2H2,1H3;6H,4H2,1-3H3;5H,4H2,1-3H3;3*3-5H2,1-2H3;4*3H2,1-2H3;4*1H4. The highest BCUT2D eigenvalue weighted by Crippen LogP contribution is 2.09. The molecule has 88 heavy (non-hydrogen) atoms. The van der Waals surface area contributed by atoms with Crippen LogP contribution in [0.25, 0.3) is 0 Å². The van der Waals surface area contributed by atoms with Crippen LogP contribution in [-0.2, 0) is 45.3 Å². The Morgan fingerprint density at radius 1 is 0.341 bits per heavy atom. The Hall–Kier alpha value is -3.44. The van der Waals surface area contributed by atoms with Gasteiger partial charge in [-0.15, -0.1) is 0 Å². The number of unbranched alkanes of at least 4 members (excludes halogenated alkanes) is 6. The van der Waals surface area contributed by atoms with Crippen LogP contribution < -0.4 is 28.7 Å². The number of benzene rings is 4. The third-order valence-corrected chi connectivity index (χ3v) is 11.4. The van der Waals surface area contributed by atoms with Gasteiger partial charge in [0.1, 0.15) is 0 Å². The normalized spacial score (nSPS) is 9.01. The van der Waals surface area contributed by atoms with E-state index in [1.807, 2.05) is 22.8 Å². The summed E-state index contributed by atoms with van der Waals surface area (Å²) in [5.41, 5.74) is 36.4. The number of hydrogen-bond donors (Lipinski definition) is 6. The smallest absolute Gasteiger partial charge is 0.0589 e. The van der Waals surface area contributed by atoms with Gasteiger partial charge in [-0.3, -0.25) is 9.80 Å². The summed E-state index contributed by atoms with van der Waals surface area (Å²) < 4.78 is 0. The molecular weight excluding hydrogens is 1070 g/mol. The number of rotatable bonds is 21. The van der Waals surface area contributed by atoms with Crippen LogP contribution in [0, 0.1) is 5.92 Å². The minimum absolute atomic E-state index is 0. The molecule has 530 valence electrons. The predicted octanol–water partition coefficient (Wildman–Crippen LogP) is 23.7. The second-order valence-electron chi connectivity index (χ2n) is 21.8. The Labute approximate surface area is 558 Å². The first-order chi connectivity index (χ1) is 40.1. The minimum atomic E-state index is -0.458. The first-order valence-corrected chi connectivity index (χ1v) is 34.1. The molecule has 0 spiro atoms. The molecule has 8 heteroatoms. The van der Waals surface area contributed by atoms with Crippen molar-refractivity contribution in [2.45, 2.75) is 343 Å². The van der Waals surface area contributed by atoms with Gasteiger partial charge in [-0.2, -0.15) is 0 Å². The van der Waals surface area contributed by atoms with E-state index in [0.717, 1.165) is 51.1 Å². The number of aryl methyl sites for hydroxylation is 4. The molecule has 4 aromatic rings. The lowest BCUT2D eigenvalue weighted by molar-refractivity contribution is 0.0765. The third-order valence-electron chi connectivity index (χ3n) is 11.4. The van der Waals surface area contributed by atoms with Crippen molar-refractivity contribution in [3.63, 3.8) is 0 Å². The molecule has 0 atom stereocenters. The quantitative estimate of drug-likeness (QED) is 0.0450. The van der Waals surface area contributed by atoms with Crippen LogP contribution in [0.5, 0.6) is 0 Å². The van der Waals surface area contributed by atoms with Crippen LogP contribution in [0.1, 0.15) is 331 Å². The molecule has 0 heterocycles. The summed E-state index contributed by atoms with van der Waals surface area (Å²) in [4.78, 5) is 3.97. The van der Waals surface area contributed by atoms with E-state index in [1.165, 1.54) is 129 Å². The third kappa shape index (κ3) is 107. The van der Waals surface area contributed by atoms with Crippen molar-refractivity contribution in [3.8, 4) is 0 Å². The number of nitrogens with zero attached hydrogens (tertiary/aromatic N) is 2. The molecule has 0 aromatic heterocycles. The zero-order valence-electron chi connectivity index (χ0n) is 61.0. The number of aliphatic hydroxyl groups is 1. The van der Waals surface area contributed by atoms with Crippen LogP contribution in [-0.4, -0.2) is 47.2 Å². The molecule has 0 saturated heterocycles. The molecule has 0 bridgehead atoms. The predicted molar refractivity (Wildman–Crippen MR) is 417 cm³/mol. The largest absolute Gasteiger partial charge is 0.390 e. The maximum atomic E-state index is 8.83. The van der Waals surface area contributed by atoms with Gasteiger partial charge in [0.25, 0.3) is 0 Å². The minimum Gasteiger partial charge on any atom is -0.390 e. The molecule has 11 N–H and O–H groups in total. The molecule has 4 aromatic carbocycles. The summed E-state index contributed by atoms with van der Waals surface area (Å²) in [5.74, 6) is 0.884. The lowest BCUT2D eigenvalue weighted by atomic mass is 10.1. The van der Waals surface area contributed by atoms with Gasteiger partial charge >= 0.3 is 0 Å². The van der Waals surface area contributed by atoms with E-state index in [1.54, 1.807) is 13.8 Å². The second kappa shape index (κ2) is 99.8. The highest BCUT2D eigenvalue weighted by Gasteiger charge is 2.06. The average Bonchev–Trinajstić information content (AvgIpc) is 3.63. The first-order valence-electron chi connectivity index (χ1n) is 34.1. The van der Waals surface area contributed by atoms with Crippen molar-refractivity contribution in [2.24, 2.45) is 34.6 Å². The van der Waals surface area contributed by atoms with E-state index in [0.29, 0.717) is 33.2 Å². The molecule has 0 fully saturated rings. The van der Waals surface area contributed by atoms with Crippen molar-refractivity contribution in [1.29, 1.82) is 0 Å². The van der Waals surface area contributed by atoms with Crippen molar-refractivity contribution in [1.82, 2.24) is 9.80 Å². The highest BCUT2D eigenvalue weighted by atomic mass is 16.3. The van der Waals surface area contributed by atoms with Gasteiger partial charge in [-0.25, -0.2) is 0 Å². The molecule has 0 aliphatic rings. The monoisotopic (exact) mass is 1240 g/mol. The summed E-state index contributed by atoms with van der Waals surface area (Å²) in [5, 5.41) is 8.83. The molecule has 0 unspecified atom stereocenters. The van der Waals surface area contributed by atoms with Crippen LogP contribution in [0.2, 0.25) is 0 Å². The van der Waals surface area contributed by atoms with Gasteiger partial charge < -0.3 is 33.8 Å². The van der Waals surface area contributed by atoms with Crippen LogP contribution in [0.4, 0.5) is 0 Å². The average molecular weight is 1250 g/mol. The van der Waals surface area contributed by atoms with Gasteiger partial charge in [0.2, 0.25) is 0 Å². The Bertz CT molecular complexity index is 1530. The van der Waals surface area contributed by atoms with E-state index in [9.17, 15) is 0 Å². The summed E-state index contributed by atoms with van der Waals surface area (Å²) >= 11 is 0. The lowest BCUT2D eigenvalue weighted by Gasteiger charge is -2.17. The van der Waals surface area contributed by atoms with Gasteiger partial charge in [-0.1, -0.05) is 375 Å². The molecule has 0 saturated carbocycles. The van der Waals surface area contributed by atoms with E-state index < -0.39 is 5.60 Å². The lowest BCUT2D eigenvalue weighted by Crippen LogP contribution is -2.34. The van der Waals surface area contributed by atoms with Crippen molar-refractivity contribution in [2.75, 3.05) is 26.7 Å². The summed E-state index contributed by atoms with van der Waals surface area (Å²) in [7, 11) is 0. The van der Waals surface area contributed by atoms with E-state index in [4.69, 9.17) is 33.8 Å². The Morgan fingerprint density at radius 2 is 0.523 bits per heavy atom. The SMILES string of the molecule is C.C.C.C.CCC.CCC.CCC.CCC.CCC(C)(C)O.CCC(C)C.CCCCC.CCCCC.CCCCC.CCc1ccc(CN(CN)CN)cc1.CCc1ccc(CN(CN)CN)cc1.CCc1ccc(CN)cc1.CCc1ccccc1. The van der Waals surface area contributed by atoms with E-state index >= 15 is 0 Å². The number of hydrogen-bond acceptors (Lipinski definition) is 8. The molecule has 8 nitrogen and oxygen atoms in total. The van der Waals surface area contributed by atoms with Gasteiger partial charge in [0.15, 0.2) is 0 Å². The van der Waals surface area contributed by atoms with Crippen molar-refractivity contribution < 1.29 is 5.11 Å². The zero-order chi connectivity index (χ0) is 66.7. The van der Waals surface area contributed by atoms with Crippen molar-refractivity contribution >= 4 is 0 Å². The molecule has 4 rings (SSSR count). The van der Waals surface area contributed by atoms with E-state index in [2.05, 4.69) is 242 Å². The Kier molecular flexibility index (Phi) is 131. The topological polar surface area (TPSA) is 157 Å².